The Morgan fingerprint density at radius 3 is 1.44 bits per heavy atom. The van der Waals surface area contributed by atoms with E-state index in [0.29, 0.717) is 52.6 Å². The summed E-state index contributed by atoms with van der Waals surface area (Å²) in [5, 5.41) is 3.56. The molecule has 196 valence electrons. The van der Waals surface area contributed by atoms with E-state index in [1.54, 1.807) is 10.0 Å². The molecule has 0 atom stereocenters. The molecule has 0 aromatic rings. The molecular formula is C20H26N6O6S4. The Morgan fingerprint density at radius 1 is 0.722 bits per heavy atom. The molecular weight excluding hydrogens is 549 g/mol. The number of morpholine rings is 2. The summed E-state index contributed by atoms with van der Waals surface area (Å²) in [6.45, 7) is 4.80. The van der Waals surface area contributed by atoms with Gasteiger partial charge in [-0.25, -0.2) is 10.0 Å². The van der Waals surface area contributed by atoms with Gasteiger partial charge in [0.2, 0.25) is 11.8 Å². The zero-order valence-electron chi connectivity index (χ0n) is 19.4. The third-order valence-corrected chi connectivity index (χ3v) is 8.64. The van der Waals surface area contributed by atoms with Crippen molar-refractivity contribution in [3.05, 3.63) is 9.81 Å². The van der Waals surface area contributed by atoms with Crippen molar-refractivity contribution in [3.8, 4) is 0 Å². The van der Waals surface area contributed by atoms with Crippen molar-refractivity contribution in [2.24, 2.45) is 0 Å². The number of nitrogens with one attached hydrogen (secondary N) is 2. The van der Waals surface area contributed by atoms with E-state index in [0.717, 1.165) is 23.5 Å². The molecule has 0 radical (unpaired) electrons. The Kier molecular flexibility index (Phi) is 9.68. The van der Waals surface area contributed by atoms with E-state index >= 15 is 0 Å². The normalized spacial score (nSPS) is 24.1. The first-order valence-corrected chi connectivity index (χ1v) is 13.8. The van der Waals surface area contributed by atoms with Gasteiger partial charge in [0.1, 0.15) is 8.64 Å². The number of hydrogen-bond acceptors (Lipinski definition) is 12. The van der Waals surface area contributed by atoms with Crippen molar-refractivity contribution in [2.45, 2.75) is 12.8 Å². The predicted molar refractivity (Wildman–Crippen MR) is 141 cm³/mol. The Hall–Kier alpha value is -1.66. The fraction of sp³-hybridized carbons (Fsp3) is 0.600. The molecule has 0 aromatic heterocycles. The van der Waals surface area contributed by atoms with Crippen LogP contribution in [0.5, 0.6) is 0 Å². The van der Waals surface area contributed by atoms with Gasteiger partial charge in [-0.2, -0.15) is 0 Å². The Bertz CT molecular complexity index is 906. The van der Waals surface area contributed by atoms with Crippen LogP contribution in [0.2, 0.25) is 0 Å². The highest BCUT2D eigenvalue weighted by molar-refractivity contribution is 8.29. The average molecular weight is 575 g/mol. The van der Waals surface area contributed by atoms with E-state index in [4.69, 9.17) is 33.9 Å². The zero-order chi connectivity index (χ0) is 25.7. The van der Waals surface area contributed by atoms with E-state index in [1.165, 1.54) is 9.80 Å². The lowest BCUT2D eigenvalue weighted by atomic mass is 10.3. The minimum Gasteiger partial charge on any atom is -0.379 e. The summed E-state index contributed by atoms with van der Waals surface area (Å²) in [6, 6.07) is 0. The van der Waals surface area contributed by atoms with Gasteiger partial charge in [0.15, 0.2) is 0 Å². The smallest absolute Gasteiger partial charge is 0.267 e. The number of carbonyl (C=O) groups is 4. The van der Waals surface area contributed by atoms with E-state index in [1.807, 2.05) is 0 Å². The molecule has 4 heterocycles. The van der Waals surface area contributed by atoms with Crippen LogP contribution in [-0.2, 0) is 28.7 Å². The topological polar surface area (TPSA) is 124 Å². The first kappa shape index (κ1) is 27.4. The molecule has 4 aliphatic heterocycles. The van der Waals surface area contributed by atoms with Crippen LogP contribution >= 0.6 is 48.0 Å². The summed E-state index contributed by atoms with van der Waals surface area (Å²) in [6.07, 6.45) is 0.132. The molecule has 36 heavy (non-hydrogen) atoms. The van der Waals surface area contributed by atoms with Crippen molar-refractivity contribution < 1.29 is 28.7 Å². The first-order chi connectivity index (χ1) is 17.3. The van der Waals surface area contributed by atoms with Gasteiger partial charge in [-0.05, 0) is 0 Å². The van der Waals surface area contributed by atoms with E-state index < -0.39 is 11.8 Å². The second-order valence-corrected chi connectivity index (χ2v) is 11.4. The predicted octanol–water partition coefficient (Wildman–Crippen LogP) is -0.574. The molecule has 0 bridgehead atoms. The van der Waals surface area contributed by atoms with Gasteiger partial charge >= 0.3 is 0 Å². The Morgan fingerprint density at radius 2 is 1.08 bits per heavy atom. The molecule has 0 aliphatic carbocycles. The Balaban J connectivity index is 1.30. The summed E-state index contributed by atoms with van der Waals surface area (Å²) in [5.41, 5.74) is 5.59. The summed E-state index contributed by atoms with van der Waals surface area (Å²) in [4.78, 5) is 53.7. The van der Waals surface area contributed by atoms with Crippen LogP contribution in [0.3, 0.4) is 0 Å². The molecule has 0 unspecified atom stereocenters. The van der Waals surface area contributed by atoms with Crippen LogP contribution in [-0.4, -0.2) is 118 Å². The van der Waals surface area contributed by atoms with Crippen LogP contribution in [0.1, 0.15) is 12.8 Å². The molecule has 4 aliphatic rings. The number of nitrogens with zero attached hydrogens (tertiary/aromatic N) is 4. The standard InChI is InChI=1S/C20H26N6O6S4/c27-13(21-23-5-9-31-10-6-23)1-3-25-17(29)15(35-19(25)33)16-18(30)26(20(34)36-16)4-2-14(28)22-24-7-11-32-12-8-24/h1-12H2,(H,21,27)(H,22,28). The maximum Gasteiger partial charge on any atom is 0.267 e. The largest absolute Gasteiger partial charge is 0.379 e. The summed E-state index contributed by atoms with van der Waals surface area (Å²) >= 11 is 12.7. The minimum atomic E-state index is -0.422. The minimum absolute atomic E-state index is 0.0658. The number of hydrogen-bond donors (Lipinski definition) is 2. The second kappa shape index (κ2) is 12.7. The first-order valence-electron chi connectivity index (χ1n) is 11.4. The average Bonchev–Trinajstić information content (AvgIpc) is 3.31. The van der Waals surface area contributed by atoms with Crippen molar-refractivity contribution in [2.75, 3.05) is 65.7 Å². The third-order valence-electron chi connectivity index (χ3n) is 5.62. The van der Waals surface area contributed by atoms with Gasteiger partial charge in [-0.3, -0.25) is 39.8 Å². The van der Waals surface area contributed by atoms with Gasteiger partial charge in [0, 0.05) is 52.1 Å². The fourth-order valence-corrected chi connectivity index (χ4v) is 6.47. The number of rotatable bonds is 8. The Labute approximate surface area is 227 Å². The van der Waals surface area contributed by atoms with Crippen molar-refractivity contribution in [1.82, 2.24) is 30.7 Å². The molecule has 4 fully saturated rings. The lowest BCUT2D eigenvalue weighted by Crippen LogP contribution is -2.49. The van der Waals surface area contributed by atoms with Crippen LogP contribution in [0.25, 0.3) is 0 Å². The number of thiocarbonyl (C=S) groups is 2. The van der Waals surface area contributed by atoms with Crippen molar-refractivity contribution in [1.29, 1.82) is 0 Å². The van der Waals surface area contributed by atoms with E-state index in [9.17, 15) is 19.2 Å². The van der Waals surface area contributed by atoms with Gasteiger partial charge in [0.25, 0.3) is 11.8 Å². The molecule has 4 amide bonds. The highest BCUT2D eigenvalue weighted by Gasteiger charge is 2.42. The third kappa shape index (κ3) is 6.80. The summed E-state index contributed by atoms with van der Waals surface area (Å²) in [5.74, 6) is -1.30. The number of carbonyl (C=O) groups excluding carboxylic acids is 4. The molecule has 0 aromatic carbocycles. The van der Waals surface area contributed by atoms with Gasteiger partial charge in [-0.1, -0.05) is 48.0 Å². The van der Waals surface area contributed by atoms with Crippen molar-refractivity contribution >= 4 is 80.2 Å². The van der Waals surface area contributed by atoms with Gasteiger partial charge in [0.05, 0.1) is 36.2 Å². The highest BCUT2D eigenvalue weighted by Crippen LogP contribution is 2.42. The maximum absolute atomic E-state index is 13.0. The lowest BCUT2D eigenvalue weighted by molar-refractivity contribution is -0.130. The van der Waals surface area contributed by atoms with Crippen molar-refractivity contribution in [3.63, 3.8) is 0 Å². The highest BCUT2D eigenvalue weighted by atomic mass is 32.2. The number of thioether (sulfide) groups is 2. The molecule has 4 saturated heterocycles. The summed E-state index contributed by atoms with van der Waals surface area (Å²) < 4.78 is 11.1. The van der Waals surface area contributed by atoms with E-state index in [2.05, 4.69) is 10.9 Å². The number of ether oxygens (including phenoxy) is 2. The van der Waals surface area contributed by atoms with Gasteiger partial charge < -0.3 is 9.47 Å². The fourth-order valence-electron chi connectivity index (χ4n) is 3.70. The van der Waals surface area contributed by atoms with E-state index in [-0.39, 0.29) is 56.2 Å². The molecule has 2 N–H and O–H groups in total. The lowest BCUT2D eigenvalue weighted by Gasteiger charge is -2.27. The van der Waals surface area contributed by atoms with Crippen LogP contribution in [0.15, 0.2) is 9.81 Å². The molecule has 12 nitrogen and oxygen atoms in total. The molecule has 4 rings (SSSR count). The van der Waals surface area contributed by atoms with Crippen LogP contribution < -0.4 is 10.9 Å². The monoisotopic (exact) mass is 574 g/mol. The second-order valence-electron chi connectivity index (χ2n) is 8.08. The maximum atomic E-state index is 13.0. The zero-order valence-corrected chi connectivity index (χ0v) is 22.6. The quantitative estimate of drug-likeness (QED) is 0.285. The number of hydrazine groups is 2. The van der Waals surface area contributed by atoms with Crippen LogP contribution in [0.4, 0.5) is 0 Å². The van der Waals surface area contributed by atoms with Gasteiger partial charge in [-0.15, -0.1) is 0 Å². The summed E-state index contributed by atoms with van der Waals surface area (Å²) in [7, 11) is 0. The SMILES string of the molecule is O=C(CCN1C(=O)C(=C2SC(=S)N(CCC(=O)NN3CCOCC3)C2=O)SC1=S)NN1CCOCC1. The molecule has 0 spiro atoms. The van der Waals surface area contributed by atoms with Crippen LogP contribution in [0, 0.1) is 0 Å². The molecule has 0 saturated carbocycles. The number of amides is 4. The molecule has 16 heteroatoms.